The van der Waals surface area contributed by atoms with E-state index in [9.17, 15) is 32.3 Å². The largest absolute Gasteiger partial charge is 0.454 e. The van der Waals surface area contributed by atoms with Gasteiger partial charge in [-0.05, 0) is 18.2 Å². The molecule has 0 heterocycles. The zero-order valence-corrected chi connectivity index (χ0v) is 14.8. The minimum Gasteiger partial charge on any atom is -0.454 e. The summed E-state index contributed by atoms with van der Waals surface area (Å²) in [6.45, 7) is -3.19. The molecule has 8 nitrogen and oxygen atoms in total. The van der Waals surface area contributed by atoms with Crippen molar-refractivity contribution in [2.24, 2.45) is 0 Å². The van der Waals surface area contributed by atoms with Crippen LogP contribution >= 0.6 is 23.2 Å². The number of esters is 1. The molecule has 0 spiro atoms. The normalized spacial score (nSPS) is 10.7. The Labute approximate surface area is 160 Å². The Balaban J connectivity index is 2.33. The summed E-state index contributed by atoms with van der Waals surface area (Å²) in [6, 6.07) is 2.66. The van der Waals surface area contributed by atoms with Crippen LogP contribution in [0.3, 0.4) is 0 Å². The summed E-state index contributed by atoms with van der Waals surface area (Å²) < 4.78 is 40.1. The summed E-state index contributed by atoms with van der Waals surface area (Å²) in [5.74, 6) is -2.89. The van der Waals surface area contributed by atoms with Crippen LogP contribution in [-0.2, 0) is 14.3 Å². The number of urea groups is 1. The highest BCUT2D eigenvalue weighted by Gasteiger charge is 2.28. The Morgan fingerprint density at radius 1 is 1.07 bits per heavy atom. The second-order valence-corrected chi connectivity index (χ2v) is 5.66. The van der Waals surface area contributed by atoms with Crippen molar-refractivity contribution in [2.45, 2.75) is 6.18 Å². The summed E-state index contributed by atoms with van der Waals surface area (Å²) in [7, 11) is 0. The fourth-order valence-corrected chi connectivity index (χ4v) is 2.00. The topological polar surface area (TPSA) is 114 Å². The number of imide groups is 1. The molecule has 0 atom stereocenters. The predicted octanol–water partition coefficient (Wildman–Crippen LogP) is 1.65. The summed E-state index contributed by atoms with van der Waals surface area (Å²) in [5, 5.41) is 5.46. The van der Waals surface area contributed by atoms with Gasteiger partial charge in [-0.25, -0.2) is 4.79 Å². The molecule has 0 aliphatic heterocycles. The van der Waals surface area contributed by atoms with Gasteiger partial charge in [-0.15, -0.1) is 0 Å². The second-order valence-electron chi connectivity index (χ2n) is 4.81. The molecule has 3 N–H and O–H groups in total. The van der Waals surface area contributed by atoms with Crippen LogP contribution in [0.5, 0.6) is 0 Å². The molecule has 0 saturated carbocycles. The third-order valence-electron chi connectivity index (χ3n) is 2.64. The molecule has 0 aliphatic rings. The number of carbonyl (C=O) groups is 4. The highest BCUT2D eigenvalue weighted by molar-refractivity contribution is 6.36. The molecule has 4 amide bonds. The van der Waals surface area contributed by atoms with Crippen LogP contribution in [-0.4, -0.2) is 49.7 Å². The SMILES string of the molecule is O=C(COC(=O)CNC(=O)c1ccc(Cl)cc1Cl)NC(=O)NCC(F)(F)F. The van der Waals surface area contributed by atoms with Crippen LogP contribution < -0.4 is 16.0 Å². The zero-order valence-electron chi connectivity index (χ0n) is 13.3. The van der Waals surface area contributed by atoms with E-state index in [1.54, 1.807) is 0 Å². The lowest BCUT2D eigenvalue weighted by molar-refractivity contribution is -0.147. The van der Waals surface area contributed by atoms with E-state index >= 15 is 0 Å². The lowest BCUT2D eigenvalue weighted by Crippen LogP contribution is -2.44. The van der Waals surface area contributed by atoms with Gasteiger partial charge in [0.25, 0.3) is 11.8 Å². The van der Waals surface area contributed by atoms with Crippen molar-refractivity contribution in [3.63, 3.8) is 0 Å². The third-order valence-corrected chi connectivity index (χ3v) is 3.18. The van der Waals surface area contributed by atoms with Crippen LogP contribution in [0.2, 0.25) is 10.0 Å². The molecule has 13 heteroatoms. The van der Waals surface area contributed by atoms with Gasteiger partial charge in [0.1, 0.15) is 13.1 Å². The van der Waals surface area contributed by atoms with Crippen LogP contribution in [0.4, 0.5) is 18.0 Å². The molecule has 0 radical (unpaired) electrons. The van der Waals surface area contributed by atoms with E-state index in [2.05, 4.69) is 10.1 Å². The smallest absolute Gasteiger partial charge is 0.405 e. The number of benzene rings is 1. The molecular weight excluding hydrogens is 418 g/mol. The molecule has 1 aromatic rings. The van der Waals surface area contributed by atoms with E-state index in [0.29, 0.717) is 5.02 Å². The Morgan fingerprint density at radius 3 is 2.33 bits per heavy atom. The highest BCUT2D eigenvalue weighted by atomic mass is 35.5. The van der Waals surface area contributed by atoms with Crippen molar-refractivity contribution in [3.05, 3.63) is 33.8 Å². The van der Waals surface area contributed by atoms with Crippen molar-refractivity contribution in [1.29, 1.82) is 0 Å². The van der Waals surface area contributed by atoms with Gasteiger partial charge < -0.3 is 15.4 Å². The van der Waals surface area contributed by atoms with Crippen LogP contribution in [0, 0.1) is 0 Å². The number of carbonyl (C=O) groups excluding carboxylic acids is 4. The molecule has 1 rings (SSSR count). The maximum absolute atomic E-state index is 11.9. The average Bonchev–Trinajstić information content (AvgIpc) is 2.55. The summed E-state index contributed by atoms with van der Waals surface area (Å²) >= 11 is 11.5. The van der Waals surface area contributed by atoms with Gasteiger partial charge in [0.2, 0.25) is 0 Å². The van der Waals surface area contributed by atoms with Crippen molar-refractivity contribution in [3.8, 4) is 0 Å². The molecule has 0 aromatic heterocycles. The number of rotatable bonds is 6. The van der Waals surface area contributed by atoms with Crippen LogP contribution in [0.1, 0.15) is 10.4 Å². The van der Waals surface area contributed by atoms with Gasteiger partial charge >= 0.3 is 18.2 Å². The molecule has 0 unspecified atom stereocenters. The average molecular weight is 430 g/mol. The van der Waals surface area contributed by atoms with Gasteiger partial charge in [-0.2, -0.15) is 13.2 Å². The van der Waals surface area contributed by atoms with Gasteiger partial charge in [0.15, 0.2) is 6.61 Å². The maximum atomic E-state index is 11.9. The van der Waals surface area contributed by atoms with E-state index in [1.165, 1.54) is 28.8 Å². The van der Waals surface area contributed by atoms with E-state index in [0.717, 1.165) is 0 Å². The predicted molar refractivity (Wildman–Crippen MR) is 87.4 cm³/mol. The maximum Gasteiger partial charge on any atom is 0.405 e. The Bertz CT molecular complexity index is 743. The molecule has 0 fully saturated rings. The van der Waals surface area contributed by atoms with E-state index in [4.69, 9.17) is 23.2 Å². The van der Waals surface area contributed by atoms with Crippen molar-refractivity contribution in [1.82, 2.24) is 16.0 Å². The summed E-state index contributed by atoms with van der Waals surface area (Å²) in [5.41, 5.74) is 0.0490. The van der Waals surface area contributed by atoms with Crippen LogP contribution in [0.15, 0.2) is 18.2 Å². The van der Waals surface area contributed by atoms with Crippen LogP contribution in [0.25, 0.3) is 0 Å². The zero-order chi connectivity index (χ0) is 20.6. The van der Waals surface area contributed by atoms with Crippen molar-refractivity contribution >= 4 is 47.0 Å². The van der Waals surface area contributed by atoms with E-state index in [1.807, 2.05) is 0 Å². The molecule has 27 heavy (non-hydrogen) atoms. The monoisotopic (exact) mass is 429 g/mol. The first-order valence-electron chi connectivity index (χ1n) is 7.01. The first kappa shape index (κ1) is 22.5. The lowest BCUT2D eigenvalue weighted by atomic mass is 10.2. The Kier molecular flexibility index (Phi) is 8.32. The first-order chi connectivity index (χ1) is 12.5. The molecular formula is C14H12Cl2F3N3O5. The van der Waals surface area contributed by atoms with Gasteiger partial charge in [-0.3, -0.25) is 19.7 Å². The number of hydrogen-bond donors (Lipinski definition) is 3. The van der Waals surface area contributed by atoms with Crippen molar-refractivity contribution in [2.75, 3.05) is 19.7 Å². The van der Waals surface area contributed by atoms with E-state index in [-0.39, 0.29) is 10.6 Å². The Hall–Kier alpha value is -2.53. The second kappa shape index (κ2) is 9.97. The minimum atomic E-state index is -4.64. The molecule has 1 aromatic carbocycles. The number of amides is 4. The van der Waals surface area contributed by atoms with Gasteiger partial charge in [0, 0.05) is 5.02 Å². The van der Waals surface area contributed by atoms with E-state index < -0.39 is 49.7 Å². The number of ether oxygens (including phenoxy) is 1. The van der Waals surface area contributed by atoms with Gasteiger partial charge in [0.05, 0.1) is 10.6 Å². The van der Waals surface area contributed by atoms with Gasteiger partial charge in [-0.1, -0.05) is 23.2 Å². The highest BCUT2D eigenvalue weighted by Crippen LogP contribution is 2.20. The fraction of sp³-hybridized carbons (Fsp3) is 0.286. The summed E-state index contributed by atoms with van der Waals surface area (Å²) in [4.78, 5) is 45.6. The molecule has 0 saturated heterocycles. The van der Waals surface area contributed by atoms with Crippen molar-refractivity contribution < 1.29 is 37.1 Å². The quantitative estimate of drug-likeness (QED) is 0.595. The lowest BCUT2D eigenvalue weighted by Gasteiger charge is -2.10. The third kappa shape index (κ3) is 9.11. The standard InChI is InChI=1S/C14H12Cl2F3N3O5/c15-7-1-2-8(9(16)3-7)12(25)20-4-11(24)27-5-10(23)22-13(26)21-6-14(17,18)19/h1-3H,4-6H2,(H,20,25)(H2,21,22,23,26). The number of nitrogens with one attached hydrogen (secondary N) is 3. The first-order valence-corrected chi connectivity index (χ1v) is 7.77. The number of hydrogen-bond acceptors (Lipinski definition) is 5. The fourth-order valence-electron chi connectivity index (χ4n) is 1.51. The Morgan fingerprint density at radius 2 is 1.74 bits per heavy atom. The molecule has 0 bridgehead atoms. The molecule has 148 valence electrons. The summed E-state index contributed by atoms with van der Waals surface area (Å²) in [6.07, 6.45) is -4.64. The molecule has 0 aliphatic carbocycles. The number of alkyl halides is 3. The number of halogens is 5. The minimum absolute atomic E-state index is 0.0490.